The highest BCUT2D eigenvalue weighted by Gasteiger charge is 2.56. The predicted molar refractivity (Wildman–Crippen MR) is 97.7 cm³/mol. The number of hydrogen-bond acceptors (Lipinski definition) is 10. The second-order valence-electron chi connectivity index (χ2n) is 6.60. The van der Waals surface area contributed by atoms with Gasteiger partial charge in [0.05, 0.1) is 25.7 Å². The summed E-state index contributed by atoms with van der Waals surface area (Å²) in [7, 11) is -8.27. The van der Waals surface area contributed by atoms with Crippen LogP contribution in [0.4, 0.5) is 0 Å². The van der Waals surface area contributed by atoms with Crippen molar-refractivity contribution >= 4 is 26.1 Å². The summed E-state index contributed by atoms with van der Waals surface area (Å²) in [5, 5.41) is 2.51. The topological polar surface area (TPSA) is 154 Å². The van der Waals surface area contributed by atoms with E-state index in [9.17, 15) is 21.6 Å². The van der Waals surface area contributed by atoms with Crippen molar-refractivity contribution < 1.29 is 34.7 Å². The minimum absolute atomic E-state index is 0.108. The molecule has 13 heteroatoms. The van der Waals surface area contributed by atoms with E-state index in [-0.39, 0.29) is 13.0 Å². The molecule has 0 spiro atoms. The van der Waals surface area contributed by atoms with Gasteiger partial charge in [0.1, 0.15) is 5.60 Å². The molecule has 160 valence electrons. The van der Waals surface area contributed by atoms with E-state index in [1.807, 2.05) is 4.90 Å². The summed E-state index contributed by atoms with van der Waals surface area (Å²) in [5.74, 6) is -0.991. The van der Waals surface area contributed by atoms with E-state index in [0.29, 0.717) is 39.1 Å². The van der Waals surface area contributed by atoms with Crippen LogP contribution in [0, 0.1) is 0 Å². The molecule has 27 heavy (non-hydrogen) atoms. The zero-order valence-corrected chi connectivity index (χ0v) is 17.7. The third-order valence-electron chi connectivity index (χ3n) is 4.23. The quantitative estimate of drug-likeness (QED) is 0.299. The Bertz CT molecular complexity index is 721. The van der Waals surface area contributed by atoms with Crippen LogP contribution in [0.1, 0.15) is 20.3 Å². The lowest BCUT2D eigenvalue weighted by molar-refractivity contribution is -0.157. The number of carbonyl (C=O) groups is 1. The van der Waals surface area contributed by atoms with Gasteiger partial charge in [-0.05, 0) is 13.3 Å². The van der Waals surface area contributed by atoms with Crippen LogP contribution in [0.2, 0.25) is 0 Å². The molecule has 1 heterocycles. The van der Waals surface area contributed by atoms with Crippen molar-refractivity contribution in [1.29, 1.82) is 0 Å². The maximum absolute atomic E-state index is 12.7. The first-order valence-corrected chi connectivity index (χ1v) is 12.0. The van der Waals surface area contributed by atoms with Gasteiger partial charge in [0.25, 0.3) is 26.1 Å². The Balaban J connectivity index is 3.00. The Hall–Kier alpha value is -0.830. The Morgan fingerprint density at radius 2 is 1.67 bits per heavy atom. The second kappa shape index (κ2) is 9.11. The van der Waals surface area contributed by atoms with Crippen molar-refractivity contribution in [2.45, 2.75) is 31.6 Å². The van der Waals surface area contributed by atoms with E-state index in [1.165, 1.54) is 13.8 Å². The minimum atomic E-state index is -4.21. The molecular weight excluding hydrogens is 402 g/mol. The summed E-state index contributed by atoms with van der Waals surface area (Å²) in [6, 6.07) is 0. The lowest BCUT2D eigenvalue weighted by Gasteiger charge is -2.41. The summed E-state index contributed by atoms with van der Waals surface area (Å²) in [5.41, 5.74) is 1.48. The number of amides is 1. The van der Waals surface area contributed by atoms with E-state index in [4.69, 9.17) is 18.8 Å². The molecule has 1 fully saturated rings. The summed E-state index contributed by atoms with van der Waals surface area (Å²) < 4.78 is 61.7. The summed E-state index contributed by atoms with van der Waals surface area (Å²) in [6.07, 6.45) is 1.38. The highest BCUT2D eigenvalue weighted by Crippen LogP contribution is 2.32. The zero-order valence-electron chi connectivity index (χ0n) is 16.1. The average molecular weight is 432 g/mol. The zero-order chi connectivity index (χ0) is 20.9. The van der Waals surface area contributed by atoms with Gasteiger partial charge in [0, 0.05) is 26.2 Å². The molecule has 1 aliphatic rings. The van der Waals surface area contributed by atoms with Crippen LogP contribution in [-0.4, -0.2) is 90.9 Å². The SMILES string of the molecule is CC[C@](C)(OS(C)(=O)=O)[C@](N)(OS(C)(=O)=O)C(=O)NCCN1CCOCC1. The van der Waals surface area contributed by atoms with E-state index in [0.717, 1.165) is 6.26 Å². The lowest BCUT2D eigenvalue weighted by Crippen LogP contribution is -2.70. The van der Waals surface area contributed by atoms with Crippen LogP contribution in [0.15, 0.2) is 0 Å². The molecule has 1 rings (SSSR count). The molecule has 2 atom stereocenters. The first-order valence-electron chi connectivity index (χ1n) is 8.41. The summed E-state index contributed by atoms with van der Waals surface area (Å²) >= 11 is 0. The van der Waals surface area contributed by atoms with Gasteiger partial charge in [-0.1, -0.05) is 6.92 Å². The molecule has 0 saturated carbocycles. The molecule has 0 unspecified atom stereocenters. The van der Waals surface area contributed by atoms with Gasteiger partial charge < -0.3 is 10.1 Å². The van der Waals surface area contributed by atoms with Crippen LogP contribution >= 0.6 is 0 Å². The fraction of sp³-hybridized carbons (Fsp3) is 0.929. The third-order valence-corrected chi connectivity index (χ3v) is 5.47. The predicted octanol–water partition coefficient (Wildman–Crippen LogP) is -1.79. The number of ether oxygens (including phenoxy) is 1. The molecule has 0 aromatic rings. The lowest BCUT2D eigenvalue weighted by atomic mass is 9.89. The molecule has 0 radical (unpaired) electrons. The fourth-order valence-corrected chi connectivity index (χ4v) is 4.25. The van der Waals surface area contributed by atoms with Gasteiger partial charge in [-0.2, -0.15) is 16.8 Å². The standard InChI is InChI=1S/C14H29N3O8S2/c1-5-13(2,24-26(3,19)20)14(15,25-27(4,21)22)12(18)16-6-7-17-8-10-23-11-9-17/h5-11,15H2,1-4H3,(H,16,18)/t13-,14+/m0/s1. The van der Waals surface area contributed by atoms with E-state index in [2.05, 4.69) is 5.32 Å². The maximum Gasteiger partial charge on any atom is 0.271 e. The Morgan fingerprint density at radius 3 is 2.11 bits per heavy atom. The number of morpholine rings is 1. The second-order valence-corrected chi connectivity index (χ2v) is 9.75. The van der Waals surface area contributed by atoms with Crippen molar-refractivity contribution in [3.8, 4) is 0 Å². The molecule has 0 aromatic carbocycles. The number of hydrogen-bond donors (Lipinski definition) is 2. The molecule has 3 N–H and O–H groups in total. The molecule has 0 bridgehead atoms. The van der Waals surface area contributed by atoms with Crippen LogP contribution < -0.4 is 11.1 Å². The summed E-state index contributed by atoms with van der Waals surface area (Å²) in [4.78, 5) is 14.8. The van der Waals surface area contributed by atoms with Crippen LogP contribution in [-0.2, 0) is 38.1 Å². The number of rotatable bonds is 10. The number of nitrogens with zero attached hydrogens (tertiary/aromatic N) is 1. The van der Waals surface area contributed by atoms with Gasteiger partial charge in [-0.3, -0.25) is 19.6 Å². The first kappa shape index (κ1) is 24.2. The fourth-order valence-electron chi connectivity index (χ4n) is 2.61. The van der Waals surface area contributed by atoms with Gasteiger partial charge in [0.2, 0.25) is 5.72 Å². The molecule has 0 aliphatic carbocycles. The highest BCUT2D eigenvalue weighted by atomic mass is 32.2. The highest BCUT2D eigenvalue weighted by molar-refractivity contribution is 7.86. The molecular formula is C14H29N3O8S2. The van der Waals surface area contributed by atoms with Crippen LogP contribution in [0.5, 0.6) is 0 Å². The van der Waals surface area contributed by atoms with E-state index < -0.39 is 37.5 Å². The monoisotopic (exact) mass is 431 g/mol. The Morgan fingerprint density at radius 1 is 1.15 bits per heavy atom. The maximum atomic E-state index is 12.7. The average Bonchev–Trinajstić information content (AvgIpc) is 2.52. The van der Waals surface area contributed by atoms with Crippen molar-refractivity contribution in [3.05, 3.63) is 0 Å². The van der Waals surface area contributed by atoms with Crippen LogP contribution in [0.3, 0.4) is 0 Å². The first-order chi connectivity index (χ1) is 12.2. The van der Waals surface area contributed by atoms with Gasteiger partial charge in [0.15, 0.2) is 0 Å². The third kappa shape index (κ3) is 7.25. The minimum Gasteiger partial charge on any atom is -0.379 e. The van der Waals surface area contributed by atoms with E-state index in [1.54, 1.807) is 0 Å². The van der Waals surface area contributed by atoms with E-state index >= 15 is 0 Å². The molecule has 0 aromatic heterocycles. The van der Waals surface area contributed by atoms with Crippen LogP contribution in [0.25, 0.3) is 0 Å². The van der Waals surface area contributed by atoms with Crippen molar-refractivity contribution in [2.75, 3.05) is 51.9 Å². The molecule has 1 saturated heterocycles. The number of carbonyl (C=O) groups excluding carboxylic acids is 1. The molecule has 1 aliphatic heterocycles. The van der Waals surface area contributed by atoms with Gasteiger partial charge >= 0.3 is 0 Å². The summed E-state index contributed by atoms with van der Waals surface area (Å²) in [6.45, 7) is 5.93. The molecule has 1 amide bonds. The number of nitrogens with two attached hydrogens (primary N) is 1. The normalized spacial score (nSPS) is 21.2. The Kier molecular flexibility index (Phi) is 8.17. The van der Waals surface area contributed by atoms with Gasteiger partial charge in [-0.25, -0.2) is 4.18 Å². The van der Waals surface area contributed by atoms with Crippen molar-refractivity contribution in [2.24, 2.45) is 5.73 Å². The molecule has 11 nitrogen and oxygen atoms in total. The van der Waals surface area contributed by atoms with Crippen molar-refractivity contribution in [3.63, 3.8) is 0 Å². The van der Waals surface area contributed by atoms with Gasteiger partial charge in [-0.15, -0.1) is 0 Å². The number of nitrogens with one attached hydrogen (secondary N) is 1. The Labute approximate surface area is 160 Å². The largest absolute Gasteiger partial charge is 0.379 e. The van der Waals surface area contributed by atoms with Crippen molar-refractivity contribution in [1.82, 2.24) is 10.2 Å². The smallest absolute Gasteiger partial charge is 0.271 e.